The second-order valence-electron chi connectivity index (χ2n) is 3.17. The van der Waals surface area contributed by atoms with Gasteiger partial charge in [0.15, 0.2) is 0 Å². The predicted molar refractivity (Wildman–Crippen MR) is 77.6 cm³/mol. The maximum Gasteiger partial charge on any atom is 0.320 e. The lowest BCUT2D eigenvalue weighted by Crippen LogP contribution is -2.24. The van der Waals surface area contributed by atoms with E-state index in [1.54, 1.807) is 13.8 Å². The minimum atomic E-state index is -2.65. The number of carbonyl (C=O) groups excluding carboxylic acids is 2. The highest BCUT2D eigenvalue weighted by atomic mass is 32.9. The Hall–Kier alpha value is -0.140. The molecule has 0 radical (unpaired) electrons. The molecule has 0 amide bonds. The van der Waals surface area contributed by atoms with E-state index in [4.69, 9.17) is 30.3 Å². The summed E-state index contributed by atoms with van der Waals surface area (Å²) in [5.41, 5.74) is -2.65. The van der Waals surface area contributed by atoms with E-state index in [0.29, 0.717) is 0 Å². The molecular weight excluding hydrogens is 315 g/mol. The summed E-state index contributed by atoms with van der Waals surface area (Å²) in [4.78, 5) is 23.3. The number of hydrogen-bond donors (Lipinski definition) is 0. The molecule has 0 N–H and O–H groups in total. The summed E-state index contributed by atoms with van der Waals surface area (Å²) in [7, 11) is 2.81. The van der Waals surface area contributed by atoms with E-state index in [-0.39, 0.29) is 19.6 Å². The topological polar surface area (TPSA) is 71.1 Å². The van der Waals surface area contributed by atoms with Crippen molar-refractivity contribution in [3.63, 3.8) is 0 Å². The van der Waals surface area contributed by atoms with Crippen LogP contribution < -0.4 is 0 Å². The molecule has 0 aliphatic heterocycles. The highest BCUT2D eigenvalue weighted by Crippen LogP contribution is 2.62. The van der Waals surface area contributed by atoms with Gasteiger partial charge in [0.2, 0.25) is 5.69 Å². The van der Waals surface area contributed by atoms with Crippen molar-refractivity contribution >= 4 is 40.8 Å². The summed E-state index contributed by atoms with van der Waals surface area (Å²) in [6.07, 6.45) is -0.123. The van der Waals surface area contributed by atoms with Gasteiger partial charge >= 0.3 is 11.9 Å². The zero-order valence-corrected chi connectivity index (χ0v) is 13.9. The van der Waals surface area contributed by atoms with Gasteiger partial charge in [0.1, 0.15) is 5.25 Å². The van der Waals surface area contributed by atoms with Gasteiger partial charge in [-0.1, -0.05) is 11.4 Å². The van der Waals surface area contributed by atoms with E-state index >= 15 is 0 Å². The van der Waals surface area contributed by atoms with Crippen LogP contribution in [0.4, 0.5) is 0 Å². The number of hydrogen-bond acceptors (Lipinski definition) is 8. The van der Waals surface area contributed by atoms with E-state index in [1.165, 1.54) is 14.2 Å². The molecule has 0 saturated carbocycles. The summed E-state index contributed by atoms with van der Waals surface area (Å²) in [5.74, 6) is -1.01. The third-order valence-corrected chi connectivity index (χ3v) is 7.78. The number of rotatable bonds is 9. The number of carbonyl (C=O) groups is 2. The fraction of sp³-hybridized carbons (Fsp3) is 0.800. The normalized spacial score (nSPS) is 12.8. The lowest BCUT2D eigenvalue weighted by molar-refractivity contribution is -0.149. The van der Waals surface area contributed by atoms with Gasteiger partial charge in [0.25, 0.3) is 0 Å². The minimum Gasteiger partial charge on any atom is -0.466 e. The third kappa shape index (κ3) is 7.27. The Bertz CT molecular complexity index is 341. The maximum atomic E-state index is 11.8. The third-order valence-electron chi connectivity index (χ3n) is 1.91. The molecule has 0 aromatic heterocycles. The van der Waals surface area contributed by atoms with E-state index in [9.17, 15) is 9.59 Å². The molecule has 19 heavy (non-hydrogen) atoms. The molecule has 0 aliphatic carbocycles. The van der Waals surface area contributed by atoms with Crippen LogP contribution in [-0.4, -0.2) is 44.6 Å². The first kappa shape index (κ1) is 18.9. The molecule has 0 aromatic rings. The van der Waals surface area contributed by atoms with Crippen LogP contribution in [0, 0.1) is 0 Å². The maximum absolute atomic E-state index is 11.8. The fourth-order valence-electron chi connectivity index (χ4n) is 1.09. The van der Waals surface area contributed by atoms with Crippen LogP contribution in [0.2, 0.25) is 0 Å². The average molecular weight is 334 g/mol. The smallest absolute Gasteiger partial charge is 0.320 e. The quantitative estimate of drug-likeness (QED) is 0.469. The first-order valence-corrected chi connectivity index (χ1v) is 9.76. The van der Waals surface area contributed by atoms with Gasteiger partial charge in [-0.2, -0.15) is 0 Å². The van der Waals surface area contributed by atoms with Crippen molar-refractivity contribution in [2.75, 3.05) is 27.4 Å². The summed E-state index contributed by atoms with van der Waals surface area (Å²) in [6.45, 7) is 3.86. The second kappa shape index (κ2) is 9.72. The summed E-state index contributed by atoms with van der Waals surface area (Å²) in [5, 5.41) is -0.787. The van der Waals surface area contributed by atoms with Crippen molar-refractivity contribution in [2.45, 2.75) is 25.5 Å². The van der Waals surface area contributed by atoms with Crippen molar-refractivity contribution in [3.05, 3.63) is 0 Å². The Balaban J connectivity index is 4.81. The van der Waals surface area contributed by atoms with Crippen LogP contribution in [0.1, 0.15) is 20.3 Å². The van der Waals surface area contributed by atoms with Crippen LogP contribution >= 0.6 is 17.1 Å². The fourth-order valence-corrected chi connectivity index (χ4v) is 4.95. The van der Waals surface area contributed by atoms with E-state index in [1.807, 2.05) is 0 Å². The van der Waals surface area contributed by atoms with Gasteiger partial charge in [-0.3, -0.25) is 9.59 Å². The molecule has 1 atom stereocenters. The van der Waals surface area contributed by atoms with Crippen LogP contribution in [0.15, 0.2) is 0 Å². The molecule has 0 bridgehead atoms. The van der Waals surface area contributed by atoms with Crippen molar-refractivity contribution < 1.29 is 28.1 Å². The first-order valence-electron chi connectivity index (χ1n) is 5.64. The largest absolute Gasteiger partial charge is 0.466 e. The Labute approximate surface area is 122 Å². The molecule has 0 fully saturated rings. The van der Waals surface area contributed by atoms with Gasteiger partial charge in [-0.15, -0.1) is 0 Å². The average Bonchev–Trinajstić information content (AvgIpc) is 2.38. The van der Waals surface area contributed by atoms with Gasteiger partial charge in [0.05, 0.1) is 19.6 Å². The van der Waals surface area contributed by atoms with E-state index < -0.39 is 22.9 Å². The summed E-state index contributed by atoms with van der Waals surface area (Å²) >= 11 is 6.17. The number of esters is 2. The van der Waals surface area contributed by atoms with Crippen LogP contribution in [0.25, 0.3) is 0 Å². The lowest BCUT2D eigenvalue weighted by Gasteiger charge is -2.21. The minimum absolute atomic E-state index is 0.123. The highest BCUT2D eigenvalue weighted by molar-refractivity contribution is 8.68. The van der Waals surface area contributed by atoms with E-state index in [0.717, 1.165) is 11.4 Å². The Kier molecular flexibility index (Phi) is 9.64. The Morgan fingerprint density at radius 3 is 2.16 bits per heavy atom. The van der Waals surface area contributed by atoms with Crippen molar-refractivity contribution in [2.24, 2.45) is 0 Å². The SMILES string of the molecule is CCOC(=O)[14CH2][14CH](SP(=S)(OC)OC)C(=O)OCC. The van der Waals surface area contributed by atoms with E-state index in [2.05, 4.69) is 0 Å². The van der Waals surface area contributed by atoms with Crippen molar-refractivity contribution in [1.82, 2.24) is 0 Å². The van der Waals surface area contributed by atoms with Crippen LogP contribution in [0.5, 0.6) is 0 Å². The highest BCUT2D eigenvalue weighted by Gasteiger charge is 2.32. The Morgan fingerprint density at radius 1 is 1.21 bits per heavy atom. The molecule has 0 aliphatic rings. The predicted octanol–water partition coefficient (Wildman–Crippen LogP) is 2.12. The van der Waals surface area contributed by atoms with Gasteiger partial charge in [-0.25, -0.2) is 0 Å². The molecule has 0 rings (SSSR count). The molecule has 112 valence electrons. The summed E-state index contributed by atoms with van der Waals surface area (Å²) in [6, 6.07) is 0. The van der Waals surface area contributed by atoms with Crippen LogP contribution in [0.3, 0.4) is 0 Å². The molecule has 0 spiro atoms. The second-order valence-corrected chi connectivity index (χ2v) is 9.78. The van der Waals surface area contributed by atoms with Gasteiger partial charge < -0.3 is 18.5 Å². The molecular formula is C10H19O6PS2. The van der Waals surface area contributed by atoms with Gasteiger partial charge in [0, 0.05) is 14.2 Å². The van der Waals surface area contributed by atoms with Crippen molar-refractivity contribution in [1.29, 1.82) is 0 Å². The number of ether oxygens (including phenoxy) is 2. The molecule has 0 aromatic carbocycles. The molecule has 0 saturated heterocycles. The van der Waals surface area contributed by atoms with Gasteiger partial charge in [-0.05, 0) is 25.7 Å². The zero-order valence-electron chi connectivity index (χ0n) is 11.4. The molecule has 6 nitrogen and oxygen atoms in total. The molecule has 9 heteroatoms. The molecule has 0 heterocycles. The van der Waals surface area contributed by atoms with Crippen molar-refractivity contribution in [3.8, 4) is 0 Å². The monoisotopic (exact) mass is 334 g/mol. The van der Waals surface area contributed by atoms with Crippen LogP contribution in [-0.2, 0) is 39.9 Å². The zero-order chi connectivity index (χ0) is 14.9. The first-order chi connectivity index (χ1) is 8.92. The standard InChI is InChI=1S/C10H19O6PS2/c1-5-15-9(11)7-8(10(12)16-6-2)19-17(18,13-3)14-4/h8H,5-7H2,1-4H3/i7+2,8+2. The molecule has 1 unspecified atom stereocenters. The lowest BCUT2D eigenvalue weighted by atomic mass is 10.9. The Morgan fingerprint density at radius 2 is 1.74 bits per heavy atom. The summed E-state index contributed by atoms with van der Waals surface area (Å²) < 4.78 is 19.9.